The predicted molar refractivity (Wildman–Crippen MR) is 127 cm³/mol. The Balaban J connectivity index is 1.62. The molecule has 4 rings (SSSR count). The van der Waals surface area contributed by atoms with Gasteiger partial charge in [0, 0.05) is 24.7 Å². The molecule has 12 heteroatoms. The number of halogens is 2. The largest absolute Gasteiger partial charge is 0.477 e. The van der Waals surface area contributed by atoms with E-state index in [0.717, 1.165) is 6.20 Å². The molecule has 1 fully saturated rings. The summed E-state index contributed by atoms with van der Waals surface area (Å²) in [4.78, 5) is 34.0. The number of alkyl halides is 1. The summed E-state index contributed by atoms with van der Waals surface area (Å²) in [5.74, 6) is -2.07. The number of carbonyl (C=O) groups is 2. The van der Waals surface area contributed by atoms with Crippen LogP contribution in [-0.4, -0.2) is 54.9 Å². The summed E-state index contributed by atoms with van der Waals surface area (Å²) in [6, 6.07) is 2.30. The lowest BCUT2D eigenvalue weighted by Gasteiger charge is -2.27. The van der Waals surface area contributed by atoms with Crippen molar-refractivity contribution in [2.45, 2.75) is 64.3 Å². The van der Waals surface area contributed by atoms with E-state index in [4.69, 9.17) is 10.5 Å². The maximum atomic E-state index is 14.7. The average molecular weight is 503 g/mol. The fraction of sp³-hybridized carbons (Fsp3) is 0.458. The second kappa shape index (κ2) is 9.67. The van der Waals surface area contributed by atoms with Gasteiger partial charge < -0.3 is 20.5 Å². The molecule has 0 aliphatic carbocycles. The van der Waals surface area contributed by atoms with E-state index in [-0.39, 0.29) is 42.4 Å². The topological polar surface area (TPSA) is 136 Å². The van der Waals surface area contributed by atoms with Gasteiger partial charge in [0.15, 0.2) is 11.5 Å². The SMILES string of the molecule is CC(C)(C)OC(=O)CCCc1ncc(F)cc1[C@H]1C[C@H](F)CN1c1ccn2nc(N)c(C(=O)O)c2n1. The van der Waals surface area contributed by atoms with Crippen molar-refractivity contribution in [3.63, 3.8) is 0 Å². The summed E-state index contributed by atoms with van der Waals surface area (Å²) in [6.45, 7) is 5.34. The molecular formula is C24H28F2N6O4. The van der Waals surface area contributed by atoms with Crippen LogP contribution in [0.2, 0.25) is 0 Å². The van der Waals surface area contributed by atoms with Crippen LogP contribution in [0.3, 0.4) is 0 Å². The Hall–Kier alpha value is -3.83. The zero-order valence-corrected chi connectivity index (χ0v) is 20.2. The Morgan fingerprint density at radius 1 is 1.33 bits per heavy atom. The number of rotatable bonds is 7. The molecule has 3 aromatic heterocycles. The highest BCUT2D eigenvalue weighted by Gasteiger charge is 2.36. The molecule has 0 radical (unpaired) electrons. The van der Waals surface area contributed by atoms with Crippen molar-refractivity contribution in [2.75, 3.05) is 17.2 Å². The molecular weight excluding hydrogens is 474 g/mol. The van der Waals surface area contributed by atoms with Crippen LogP contribution in [0.25, 0.3) is 5.65 Å². The molecule has 0 aromatic carbocycles. The number of carbonyl (C=O) groups excluding carboxylic acids is 1. The van der Waals surface area contributed by atoms with Crippen LogP contribution < -0.4 is 10.6 Å². The maximum Gasteiger partial charge on any atom is 0.343 e. The fourth-order valence-corrected chi connectivity index (χ4v) is 4.41. The number of ether oxygens (including phenoxy) is 1. The standard InChI is InChI=1S/C24H28F2N6O4/c1-24(2,3)36-19(33)6-4-5-16-15(9-13(25)11-28-16)17-10-14(26)12-31(17)18-7-8-32-22(29-18)20(23(34)35)21(27)30-32/h7-9,11,14,17H,4-6,10,12H2,1-3H3,(H2,27,30)(H,34,35)/t14-,17+/m0/s1. The number of anilines is 2. The number of aryl methyl sites for hydroxylation is 1. The summed E-state index contributed by atoms with van der Waals surface area (Å²) in [7, 11) is 0. The minimum absolute atomic E-state index is 0.0201. The number of nitrogen functional groups attached to an aromatic ring is 1. The van der Waals surface area contributed by atoms with Crippen molar-refractivity contribution < 1.29 is 28.2 Å². The van der Waals surface area contributed by atoms with Gasteiger partial charge >= 0.3 is 11.9 Å². The highest BCUT2D eigenvalue weighted by Crippen LogP contribution is 2.38. The van der Waals surface area contributed by atoms with Crippen LogP contribution in [0.5, 0.6) is 0 Å². The molecule has 1 aliphatic rings. The number of esters is 1. The molecule has 4 heterocycles. The van der Waals surface area contributed by atoms with Crippen LogP contribution in [0.4, 0.5) is 20.4 Å². The monoisotopic (exact) mass is 502 g/mol. The summed E-state index contributed by atoms with van der Waals surface area (Å²) in [5, 5.41) is 13.5. The number of hydrogen-bond acceptors (Lipinski definition) is 8. The van der Waals surface area contributed by atoms with Crippen LogP contribution in [0.15, 0.2) is 24.5 Å². The van der Waals surface area contributed by atoms with Gasteiger partial charge in [0.2, 0.25) is 0 Å². The number of carboxylic acid groups (broad SMARTS) is 1. The minimum atomic E-state index is -1.28. The number of aromatic nitrogens is 4. The van der Waals surface area contributed by atoms with Gasteiger partial charge in [0.05, 0.1) is 18.8 Å². The van der Waals surface area contributed by atoms with Gasteiger partial charge in [-0.2, -0.15) is 0 Å². The van der Waals surface area contributed by atoms with Gasteiger partial charge in [-0.1, -0.05) is 0 Å². The molecule has 3 aromatic rings. The third-order valence-electron chi connectivity index (χ3n) is 5.80. The van der Waals surface area contributed by atoms with Crippen molar-refractivity contribution in [1.29, 1.82) is 0 Å². The molecule has 1 saturated heterocycles. The van der Waals surface area contributed by atoms with Crippen molar-refractivity contribution in [2.24, 2.45) is 0 Å². The predicted octanol–water partition coefficient (Wildman–Crippen LogP) is 3.50. The van der Waals surface area contributed by atoms with Crippen molar-refractivity contribution in [3.8, 4) is 0 Å². The molecule has 0 saturated carbocycles. The fourth-order valence-electron chi connectivity index (χ4n) is 4.41. The van der Waals surface area contributed by atoms with Gasteiger partial charge in [-0.15, -0.1) is 5.10 Å². The Bertz CT molecular complexity index is 1310. The Morgan fingerprint density at radius 2 is 2.08 bits per heavy atom. The second-order valence-corrected chi connectivity index (χ2v) is 9.75. The second-order valence-electron chi connectivity index (χ2n) is 9.75. The van der Waals surface area contributed by atoms with Crippen LogP contribution in [-0.2, 0) is 16.0 Å². The summed E-state index contributed by atoms with van der Waals surface area (Å²) in [6.07, 6.45) is 2.39. The van der Waals surface area contributed by atoms with E-state index in [1.165, 1.54) is 16.8 Å². The van der Waals surface area contributed by atoms with E-state index in [1.54, 1.807) is 31.7 Å². The minimum Gasteiger partial charge on any atom is -0.477 e. The van der Waals surface area contributed by atoms with Crippen molar-refractivity contribution >= 4 is 29.2 Å². The summed E-state index contributed by atoms with van der Waals surface area (Å²) < 4.78 is 35.5. The molecule has 1 aliphatic heterocycles. The van der Waals surface area contributed by atoms with E-state index >= 15 is 0 Å². The van der Waals surface area contributed by atoms with E-state index in [0.29, 0.717) is 29.9 Å². The number of aromatic carboxylic acids is 1. The maximum absolute atomic E-state index is 14.7. The lowest BCUT2D eigenvalue weighted by molar-refractivity contribution is -0.154. The number of carboxylic acids is 1. The highest BCUT2D eigenvalue weighted by molar-refractivity contribution is 5.99. The number of hydrogen-bond donors (Lipinski definition) is 2. The van der Waals surface area contributed by atoms with Crippen molar-refractivity contribution in [3.05, 3.63) is 47.2 Å². The van der Waals surface area contributed by atoms with Crippen LogP contribution >= 0.6 is 0 Å². The normalized spacial score (nSPS) is 18.1. The highest BCUT2D eigenvalue weighted by atomic mass is 19.1. The van der Waals surface area contributed by atoms with Gasteiger partial charge in [-0.3, -0.25) is 9.78 Å². The summed E-state index contributed by atoms with van der Waals surface area (Å²) >= 11 is 0. The quantitative estimate of drug-likeness (QED) is 0.465. The number of pyridine rings is 1. The first kappa shape index (κ1) is 25.3. The summed E-state index contributed by atoms with van der Waals surface area (Å²) in [5.41, 5.74) is 5.95. The average Bonchev–Trinajstić information content (AvgIpc) is 3.31. The lowest BCUT2D eigenvalue weighted by Crippen LogP contribution is -2.26. The Labute approximate surface area is 206 Å². The van der Waals surface area contributed by atoms with Gasteiger partial charge in [0.25, 0.3) is 0 Å². The van der Waals surface area contributed by atoms with Crippen molar-refractivity contribution in [1.82, 2.24) is 19.6 Å². The lowest BCUT2D eigenvalue weighted by atomic mass is 9.99. The molecule has 0 amide bonds. The molecule has 0 bridgehead atoms. The number of nitrogens with two attached hydrogens (primary N) is 1. The first-order valence-corrected chi connectivity index (χ1v) is 11.6. The first-order valence-electron chi connectivity index (χ1n) is 11.6. The first-order chi connectivity index (χ1) is 16.9. The molecule has 0 unspecified atom stereocenters. The van der Waals surface area contributed by atoms with E-state index in [2.05, 4.69) is 15.1 Å². The molecule has 36 heavy (non-hydrogen) atoms. The Morgan fingerprint density at radius 3 is 2.78 bits per heavy atom. The molecule has 10 nitrogen and oxygen atoms in total. The smallest absolute Gasteiger partial charge is 0.343 e. The molecule has 192 valence electrons. The van der Waals surface area contributed by atoms with Gasteiger partial charge in [0.1, 0.15) is 29.0 Å². The van der Waals surface area contributed by atoms with E-state index < -0.39 is 29.6 Å². The molecule has 2 atom stereocenters. The molecule has 3 N–H and O–H groups in total. The third kappa shape index (κ3) is 5.37. The van der Waals surface area contributed by atoms with E-state index in [1.807, 2.05) is 0 Å². The number of fused-ring (bicyclic) bond motifs is 1. The van der Waals surface area contributed by atoms with E-state index in [9.17, 15) is 23.5 Å². The molecule has 0 spiro atoms. The van der Waals surface area contributed by atoms with Gasteiger partial charge in [-0.05, 0) is 51.3 Å². The number of nitrogens with zero attached hydrogens (tertiary/aromatic N) is 5. The van der Waals surface area contributed by atoms with Crippen LogP contribution in [0.1, 0.15) is 67.7 Å². The zero-order valence-electron chi connectivity index (χ0n) is 20.2. The third-order valence-corrected chi connectivity index (χ3v) is 5.80. The van der Waals surface area contributed by atoms with Crippen LogP contribution in [0, 0.1) is 5.82 Å². The zero-order chi connectivity index (χ0) is 26.2. The Kier molecular flexibility index (Phi) is 6.79. The van der Waals surface area contributed by atoms with Gasteiger partial charge in [-0.25, -0.2) is 23.1 Å².